The number of ether oxygens (including phenoxy) is 1. The standard InChI is InChI=1S/C13H19NO3/c1-4-14(13(16)17-9-10(2)3)11-6-5-7-12(15)8-11/h5-8,10,15H,4,9H2,1-3H3. The third kappa shape index (κ3) is 3.98. The molecule has 4 heteroatoms. The van der Waals surface area contributed by atoms with Crippen molar-refractivity contribution in [3.8, 4) is 5.75 Å². The molecule has 0 fully saturated rings. The van der Waals surface area contributed by atoms with Crippen molar-refractivity contribution in [1.82, 2.24) is 0 Å². The second-order valence-electron chi connectivity index (χ2n) is 4.23. The van der Waals surface area contributed by atoms with Gasteiger partial charge in [0, 0.05) is 12.6 Å². The zero-order chi connectivity index (χ0) is 12.8. The Bertz CT molecular complexity index is 377. The van der Waals surface area contributed by atoms with Gasteiger partial charge in [-0.15, -0.1) is 0 Å². The summed E-state index contributed by atoms with van der Waals surface area (Å²) in [5.74, 6) is 0.444. The van der Waals surface area contributed by atoms with Crippen molar-refractivity contribution in [2.75, 3.05) is 18.1 Å². The van der Waals surface area contributed by atoms with Crippen LogP contribution in [0.1, 0.15) is 20.8 Å². The fraction of sp³-hybridized carbons (Fsp3) is 0.462. The van der Waals surface area contributed by atoms with E-state index in [0.717, 1.165) is 0 Å². The molecule has 1 amide bonds. The number of phenolic OH excluding ortho intramolecular Hbond substituents is 1. The van der Waals surface area contributed by atoms with Crippen molar-refractivity contribution in [2.45, 2.75) is 20.8 Å². The van der Waals surface area contributed by atoms with Gasteiger partial charge in [0.2, 0.25) is 0 Å². The van der Waals surface area contributed by atoms with E-state index >= 15 is 0 Å². The number of carbonyl (C=O) groups excluding carboxylic acids is 1. The SMILES string of the molecule is CCN(C(=O)OCC(C)C)c1cccc(O)c1. The highest BCUT2D eigenvalue weighted by Crippen LogP contribution is 2.20. The van der Waals surface area contributed by atoms with E-state index in [0.29, 0.717) is 24.8 Å². The minimum Gasteiger partial charge on any atom is -0.508 e. The van der Waals surface area contributed by atoms with Crippen molar-refractivity contribution >= 4 is 11.8 Å². The lowest BCUT2D eigenvalue weighted by atomic mass is 10.2. The molecule has 1 N–H and O–H groups in total. The predicted octanol–water partition coefficient (Wildman–Crippen LogP) is 3.01. The molecule has 94 valence electrons. The van der Waals surface area contributed by atoms with Gasteiger partial charge in [-0.05, 0) is 25.0 Å². The van der Waals surface area contributed by atoms with Gasteiger partial charge in [-0.25, -0.2) is 4.79 Å². The van der Waals surface area contributed by atoms with Gasteiger partial charge in [0.25, 0.3) is 0 Å². The maximum Gasteiger partial charge on any atom is 0.414 e. The van der Waals surface area contributed by atoms with Crippen LogP contribution in [0.5, 0.6) is 5.75 Å². The van der Waals surface area contributed by atoms with Crippen LogP contribution in [0, 0.1) is 5.92 Å². The molecule has 0 aliphatic heterocycles. The molecule has 4 nitrogen and oxygen atoms in total. The van der Waals surface area contributed by atoms with Crippen molar-refractivity contribution in [3.63, 3.8) is 0 Å². The Morgan fingerprint density at radius 3 is 2.71 bits per heavy atom. The second-order valence-corrected chi connectivity index (χ2v) is 4.23. The number of amides is 1. The molecule has 0 aliphatic carbocycles. The van der Waals surface area contributed by atoms with E-state index in [4.69, 9.17) is 4.74 Å². The van der Waals surface area contributed by atoms with Crippen molar-refractivity contribution in [3.05, 3.63) is 24.3 Å². The molecule has 0 aliphatic rings. The molecular formula is C13H19NO3. The van der Waals surface area contributed by atoms with Gasteiger partial charge < -0.3 is 9.84 Å². The number of benzene rings is 1. The number of anilines is 1. The third-order valence-electron chi connectivity index (χ3n) is 2.22. The molecule has 0 saturated carbocycles. The normalized spacial score (nSPS) is 10.4. The molecule has 0 aromatic heterocycles. The zero-order valence-electron chi connectivity index (χ0n) is 10.5. The Morgan fingerprint density at radius 2 is 2.18 bits per heavy atom. The number of hydrogen-bond acceptors (Lipinski definition) is 3. The van der Waals surface area contributed by atoms with E-state index in [1.807, 2.05) is 20.8 Å². The summed E-state index contributed by atoms with van der Waals surface area (Å²) in [6.45, 7) is 6.73. The summed E-state index contributed by atoms with van der Waals surface area (Å²) in [5.41, 5.74) is 0.640. The van der Waals surface area contributed by atoms with Crippen LogP contribution in [0.3, 0.4) is 0 Å². The number of hydrogen-bond donors (Lipinski definition) is 1. The molecule has 17 heavy (non-hydrogen) atoms. The Morgan fingerprint density at radius 1 is 1.47 bits per heavy atom. The Balaban J connectivity index is 2.74. The van der Waals surface area contributed by atoms with Crippen molar-refractivity contribution < 1.29 is 14.6 Å². The van der Waals surface area contributed by atoms with Crippen LogP contribution in [-0.2, 0) is 4.74 Å². The summed E-state index contributed by atoms with van der Waals surface area (Å²) >= 11 is 0. The van der Waals surface area contributed by atoms with Gasteiger partial charge in [0.1, 0.15) is 5.75 Å². The number of rotatable bonds is 4. The minimum atomic E-state index is -0.383. The lowest BCUT2D eigenvalue weighted by molar-refractivity contribution is 0.140. The highest BCUT2D eigenvalue weighted by atomic mass is 16.6. The van der Waals surface area contributed by atoms with Crippen LogP contribution >= 0.6 is 0 Å². The van der Waals surface area contributed by atoms with Gasteiger partial charge in [-0.3, -0.25) is 4.90 Å². The fourth-order valence-corrected chi connectivity index (χ4v) is 1.39. The summed E-state index contributed by atoms with van der Waals surface area (Å²) in [6, 6.07) is 6.57. The van der Waals surface area contributed by atoms with E-state index in [9.17, 15) is 9.90 Å². The molecule has 0 saturated heterocycles. The predicted molar refractivity (Wildman–Crippen MR) is 67.3 cm³/mol. The van der Waals surface area contributed by atoms with Crippen LogP contribution in [0.2, 0.25) is 0 Å². The van der Waals surface area contributed by atoms with E-state index in [2.05, 4.69) is 0 Å². The molecule has 0 heterocycles. The third-order valence-corrected chi connectivity index (χ3v) is 2.22. The quantitative estimate of drug-likeness (QED) is 0.875. The summed E-state index contributed by atoms with van der Waals surface area (Å²) in [4.78, 5) is 13.3. The van der Waals surface area contributed by atoms with Crippen LogP contribution < -0.4 is 4.90 Å². The van der Waals surface area contributed by atoms with E-state index < -0.39 is 0 Å². The fourth-order valence-electron chi connectivity index (χ4n) is 1.39. The first-order valence-corrected chi connectivity index (χ1v) is 5.78. The molecule has 0 unspecified atom stereocenters. The van der Waals surface area contributed by atoms with Crippen LogP contribution in [-0.4, -0.2) is 24.4 Å². The molecule has 0 atom stereocenters. The molecule has 0 radical (unpaired) electrons. The maximum atomic E-state index is 11.8. The largest absolute Gasteiger partial charge is 0.508 e. The van der Waals surface area contributed by atoms with Crippen molar-refractivity contribution in [1.29, 1.82) is 0 Å². The Kier molecular flexibility index (Phi) is 4.82. The zero-order valence-corrected chi connectivity index (χ0v) is 10.5. The van der Waals surface area contributed by atoms with Crippen LogP contribution in [0.25, 0.3) is 0 Å². The number of carbonyl (C=O) groups is 1. The number of aromatic hydroxyl groups is 1. The topological polar surface area (TPSA) is 49.8 Å². The lowest BCUT2D eigenvalue weighted by Gasteiger charge is -2.21. The molecule has 1 aromatic rings. The number of nitrogens with zero attached hydrogens (tertiary/aromatic N) is 1. The van der Waals surface area contributed by atoms with Crippen molar-refractivity contribution in [2.24, 2.45) is 5.92 Å². The summed E-state index contributed by atoms with van der Waals surface area (Å²) in [5, 5.41) is 9.38. The average Bonchev–Trinajstić information content (AvgIpc) is 2.27. The van der Waals surface area contributed by atoms with E-state index in [1.54, 1.807) is 24.3 Å². The highest BCUT2D eigenvalue weighted by Gasteiger charge is 2.15. The molecular weight excluding hydrogens is 218 g/mol. The summed E-state index contributed by atoms with van der Waals surface area (Å²) in [7, 11) is 0. The monoisotopic (exact) mass is 237 g/mol. The van der Waals surface area contributed by atoms with Gasteiger partial charge in [0.15, 0.2) is 0 Å². The van der Waals surface area contributed by atoms with Gasteiger partial charge in [-0.2, -0.15) is 0 Å². The van der Waals surface area contributed by atoms with Gasteiger partial charge >= 0.3 is 6.09 Å². The molecule has 1 rings (SSSR count). The summed E-state index contributed by atoms with van der Waals surface area (Å²) < 4.78 is 5.16. The molecule has 1 aromatic carbocycles. The first-order chi connectivity index (χ1) is 8.04. The second kappa shape index (κ2) is 6.13. The summed E-state index contributed by atoms with van der Waals surface area (Å²) in [6.07, 6.45) is -0.383. The lowest BCUT2D eigenvalue weighted by Crippen LogP contribution is -2.32. The first-order valence-electron chi connectivity index (χ1n) is 5.78. The van der Waals surface area contributed by atoms with E-state index in [1.165, 1.54) is 4.90 Å². The van der Waals surface area contributed by atoms with E-state index in [-0.39, 0.29) is 11.8 Å². The van der Waals surface area contributed by atoms with Crippen LogP contribution in [0.4, 0.5) is 10.5 Å². The van der Waals surface area contributed by atoms with Gasteiger partial charge in [0.05, 0.1) is 12.3 Å². The van der Waals surface area contributed by atoms with Crippen LogP contribution in [0.15, 0.2) is 24.3 Å². The average molecular weight is 237 g/mol. The molecule has 0 spiro atoms. The smallest absolute Gasteiger partial charge is 0.414 e. The number of phenols is 1. The minimum absolute atomic E-state index is 0.137. The highest BCUT2D eigenvalue weighted by molar-refractivity contribution is 5.87. The maximum absolute atomic E-state index is 11.8. The first kappa shape index (κ1) is 13.4. The Hall–Kier alpha value is -1.71. The molecule has 0 bridgehead atoms. The Labute approximate surface area is 102 Å². The van der Waals surface area contributed by atoms with Gasteiger partial charge in [-0.1, -0.05) is 19.9 Å².